The summed E-state index contributed by atoms with van der Waals surface area (Å²) in [7, 11) is 0. The molecule has 0 saturated heterocycles. The number of hydrogen-bond acceptors (Lipinski definition) is 4. The van der Waals surface area contributed by atoms with Gasteiger partial charge in [-0.2, -0.15) is 0 Å². The molecule has 1 aliphatic rings. The first kappa shape index (κ1) is 20.8. The van der Waals surface area contributed by atoms with Crippen molar-refractivity contribution in [1.29, 1.82) is 0 Å². The molecule has 156 valence electrons. The minimum Gasteiger partial charge on any atom is -0.484 e. The van der Waals surface area contributed by atoms with Crippen LogP contribution in [0, 0.1) is 0 Å². The molecular weight excluding hydrogens is 394 g/mol. The smallest absolute Gasteiger partial charge is 0.136 e. The Kier molecular flexibility index (Phi) is 6.35. The van der Waals surface area contributed by atoms with E-state index in [0.29, 0.717) is 12.0 Å². The minimum atomic E-state index is -0.0983. The monoisotopic (exact) mass is 421 g/mol. The number of halogens is 1. The van der Waals surface area contributed by atoms with E-state index in [-0.39, 0.29) is 6.10 Å². The van der Waals surface area contributed by atoms with Gasteiger partial charge in [-0.25, -0.2) is 9.97 Å². The Hall–Kier alpha value is -2.43. The lowest BCUT2D eigenvalue weighted by Gasteiger charge is -2.22. The number of rotatable bonds is 7. The molecule has 0 spiro atoms. The third-order valence-electron chi connectivity index (χ3n) is 5.63. The molecule has 2 aromatic carbocycles. The molecule has 2 atom stereocenters. The van der Waals surface area contributed by atoms with E-state index >= 15 is 0 Å². The van der Waals surface area contributed by atoms with Crippen molar-refractivity contribution in [3.63, 3.8) is 0 Å². The second-order valence-corrected chi connectivity index (χ2v) is 8.70. The lowest BCUT2D eigenvalue weighted by atomic mass is 9.99. The molecule has 1 heterocycles. The molecule has 5 heteroatoms. The predicted molar refractivity (Wildman–Crippen MR) is 122 cm³/mol. The van der Waals surface area contributed by atoms with Crippen molar-refractivity contribution in [3.8, 4) is 17.0 Å². The number of fused-ring (bicyclic) bond motifs is 1. The third-order valence-corrected chi connectivity index (χ3v) is 5.88. The number of hydrogen-bond donors (Lipinski definition) is 1. The van der Waals surface area contributed by atoms with Crippen LogP contribution in [-0.2, 0) is 6.42 Å². The fourth-order valence-electron chi connectivity index (χ4n) is 3.98. The Morgan fingerprint density at radius 1 is 1.07 bits per heavy atom. The quantitative estimate of drug-likeness (QED) is 0.510. The van der Waals surface area contributed by atoms with Gasteiger partial charge in [-0.1, -0.05) is 44.5 Å². The molecule has 30 heavy (non-hydrogen) atoms. The van der Waals surface area contributed by atoms with Gasteiger partial charge in [-0.3, -0.25) is 0 Å². The molecule has 1 aliphatic carbocycles. The molecule has 0 fully saturated rings. The van der Waals surface area contributed by atoms with E-state index < -0.39 is 0 Å². The van der Waals surface area contributed by atoms with E-state index in [1.165, 1.54) is 11.3 Å². The Morgan fingerprint density at radius 3 is 2.50 bits per heavy atom. The molecule has 0 amide bonds. The molecule has 3 aromatic rings. The van der Waals surface area contributed by atoms with Crippen LogP contribution in [0.15, 0.2) is 54.9 Å². The number of benzene rings is 2. The van der Waals surface area contributed by atoms with Crippen LogP contribution in [0.1, 0.15) is 56.0 Å². The first-order chi connectivity index (χ1) is 14.5. The molecule has 0 aliphatic heterocycles. The van der Waals surface area contributed by atoms with Crippen molar-refractivity contribution in [2.24, 2.45) is 0 Å². The highest BCUT2D eigenvalue weighted by Gasteiger charge is 2.24. The molecule has 0 saturated carbocycles. The lowest BCUT2D eigenvalue weighted by molar-refractivity contribution is 0.198. The molecule has 1 aromatic heterocycles. The Labute approximate surface area is 183 Å². The highest BCUT2D eigenvalue weighted by molar-refractivity contribution is 6.30. The van der Waals surface area contributed by atoms with Gasteiger partial charge in [-0.05, 0) is 60.7 Å². The molecule has 0 bridgehead atoms. The first-order valence-electron chi connectivity index (χ1n) is 10.6. The SMILES string of the molecule is CC(C)NCC(Oc1ccc(-c2ncnc3c2C(C)CC3)cc1)c1ccc(Cl)cc1. The normalized spacial score (nSPS) is 16.5. The van der Waals surface area contributed by atoms with Crippen molar-refractivity contribution in [1.82, 2.24) is 15.3 Å². The zero-order valence-corrected chi connectivity index (χ0v) is 18.5. The van der Waals surface area contributed by atoms with E-state index in [0.717, 1.165) is 47.0 Å². The maximum absolute atomic E-state index is 6.36. The Bertz CT molecular complexity index is 986. The summed E-state index contributed by atoms with van der Waals surface area (Å²) in [6.45, 7) is 7.25. The van der Waals surface area contributed by atoms with Gasteiger partial charge < -0.3 is 10.1 Å². The summed E-state index contributed by atoms with van der Waals surface area (Å²) in [4.78, 5) is 9.07. The number of nitrogens with zero attached hydrogens (tertiary/aromatic N) is 2. The van der Waals surface area contributed by atoms with E-state index in [1.807, 2.05) is 36.4 Å². The average Bonchev–Trinajstić information content (AvgIpc) is 3.13. The second-order valence-electron chi connectivity index (χ2n) is 8.27. The summed E-state index contributed by atoms with van der Waals surface area (Å²) >= 11 is 6.06. The standard InChI is InChI=1S/C25H28ClN3O/c1-16(2)27-14-23(18-5-9-20(26)10-6-18)30-21-11-7-19(8-12-21)25-24-17(3)4-13-22(24)28-15-29-25/h5-12,15-17,23,27H,4,13-14H2,1-3H3. The maximum atomic E-state index is 6.36. The van der Waals surface area contributed by atoms with Gasteiger partial charge in [0.1, 0.15) is 18.2 Å². The van der Waals surface area contributed by atoms with Gasteiger partial charge in [0, 0.05) is 34.4 Å². The summed E-state index contributed by atoms with van der Waals surface area (Å²) in [5.41, 5.74) is 5.74. The van der Waals surface area contributed by atoms with Crippen molar-refractivity contribution < 1.29 is 4.74 Å². The van der Waals surface area contributed by atoms with Crippen LogP contribution in [0.4, 0.5) is 0 Å². The van der Waals surface area contributed by atoms with Crippen LogP contribution in [0.3, 0.4) is 0 Å². The largest absolute Gasteiger partial charge is 0.484 e. The van der Waals surface area contributed by atoms with Gasteiger partial charge in [0.2, 0.25) is 0 Å². The summed E-state index contributed by atoms with van der Waals surface area (Å²) in [5, 5.41) is 4.20. The maximum Gasteiger partial charge on any atom is 0.136 e. The van der Waals surface area contributed by atoms with Crippen molar-refractivity contribution in [2.45, 2.75) is 51.7 Å². The van der Waals surface area contributed by atoms with Gasteiger partial charge in [-0.15, -0.1) is 0 Å². The highest BCUT2D eigenvalue weighted by atomic mass is 35.5. The molecule has 0 radical (unpaired) electrons. The fraction of sp³-hybridized carbons (Fsp3) is 0.360. The zero-order valence-electron chi connectivity index (χ0n) is 17.7. The van der Waals surface area contributed by atoms with Crippen LogP contribution < -0.4 is 10.1 Å². The van der Waals surface area contributed by atoms with Crippen molar-refractivity contribution in [3.05, 3.63) is 76.7 Å². The Morgan fingerprint density at radius 2 is 1.80 bits per heavy atom. The number of ether oxygens (including phenoxy) is 1. The van der Waals surface area contributed by atoms with Gasteiger partial charge in [0.05, 0.1) is 5.69 Å². The second kappa shape index (κ2) is 9.15. The third kappa shape index (κ3) is 4.66. The van der Waals surface area contributed by atoms with Gasteiger partial charge in [0.25, 0.3) is 0 Å². The van der Waals surface area contributed by atoms with Crippen LogP contribution in [0.25, 0.3) is 11.3 Å². The molecule has 1 N–H and O–H groups in total. The molecule has 4 nitrogen and oxygen atoms in total. The topological polar surface area (TPSA) is 47.0 Å². The minimum absolute atomic E-state index is 0.0983. The number of aryl methyl sites for hydroxylation is 1. The highest BCUT2D eigenvalue weighted by Crippen LogP contribution is 2.37. The van der Waals surface area contributed by atoms with E-state index in [9.17, 15) is 0 Å². The zero-order chi connectivity index (χ0) is 21.1. The summed E-state index contributed by atoms with van der Waals surface area (Å²) in [5.74, 6) is 1.34. The molecular formula is C25H28ClN3O. The van der Waals surface area contributed by atoms with Crippen molar-refractivity contribution in [2.75, 3.05) is 6.54 Å². The first-order valence-corrected chi connectivity index (χ1v) is 11.0. The average molecular weight is 422 g/mol. The van der Waals surface area contributed by atoms with Crippen LogP contribution in [-0.4, -0.2) is 22.6 Å². The fourth-order valence-corrected chi connectivity index (χ4v) is 4.11. The lowest BCUT2D eigenvalue weighted by Crippen LogP contribution is -2.30. The number of aromatic nitrogens is 2. The van der Waals surface area contributed by atoms with E-state index in [1.54, 1.807) is 6.33 Å². The molecule has 4 rings (SSSR count). The van der Waals surface area contributed by atoms with E-state index in [4.69, 9.17) is 16.3 Å². The summed E-state index contributed by atoms with van der Waals surface area (Å²) in [6, 6.07) is 16.5. The molecule has 2 unspecified atom stereocenters. The van der Waals surface area contributed by atoms with Crippen LogP contribution in [0.2, 0.25) is 5.02 Å². The summed E-state index contributed by atoms with van der Waals surface area (Å²) < 4.78 is 6.36. The Balaban J connectivity index is 1.55. The number of nitrogens with one attached hydrogen (secondary N) is 1. The van der Waals surface area contributed by atoms with Crippen molar-refractivity contribution >= 4 is 11.6 Å². The summed E-state index contributed by atoms with van der Waals surface area (Å²) in [6.07, 6.45) is 3.77. The van der Waals surface area contributed by atoms with Gasteiger partial charge >= 0.3 is 0 Å². The predicted octanol–water partition coefficient (Wildman–Crippen LogP) is 5.96. The van der Waals surface area contributed by atoms with E-state index in [2.05, 4.69) is 48.2 Å². The van der Waals surface area contributed by atoms with Crippen LogP contribution in [0.5, 0.6) is 5.75 Å². The van der Waals surface area contributed by atoms with Gasteiger partial charge in [0.15, 0.2) is 0 Å². The van der Waals surface area contributed by atoms with Crippen LogP contribution >= 0.6 is 11.6 Å².